The average molecular weight is 301 g/mol. The molecule has 2 aromatic heterocycles. The standard InChI is InChI=1S/C16H23N5O/c1-10(2)7-8-20(13-5-6-13)15(22)14-18-16-17-11(3)9-12(4)21(16)19-14/h9-10,13H,5-8H2,1-4H3. The van der Waals surface area contributed by atoms with Gasteiger partial charge >= 0.3 is 0 Å². The Labute approximate surface area is 130 Å². The molecule has 1 aliphatic carbocycles. The third-order valence-corrected chi connectivity index (χ3v) is 4.01. The number of aryl methyl sites for hydroxylation is 2. The van der Waals surface area contributed by atoms with Gasteiger partial charge in [0.1, 0.15) is 0 Å². The van der Waals surface area contributed by atoms with Crippen LogP contribution in [0.1, 0.15) is 55.1 Å². The largest absolute Gasteiger partial charge is 0.333 e. The van der Waals surface area contributed by atoms with Gasteiger partial charge in [-0.15, -0.1) is 5.10 Å². The van der Waals surface area contributed by atoms with E-state index in [1.807, 2.05) is 24.8 Å². The van der Waals surface area contributed by atoms with Gasteiger partial charge in [0, 0.05) is 24.0 Å². The van der Waals surface area contributed by atoms with Gasteiger partial charge < -0.3 is 4.90 Å². The lowest BCUT2D eigenvalue weighted by Crippen LogP contribution is -2.35. The number of hydrogen-bond acceptors (Lipinski definition) is 4. The Kier molecular flexibility index (Phi) is 3.85. The molecule has 2 aromatic rings. The van der Waals surface area contributed by atoms with Crippen molar-refractivity contribution < 1.29 is 4.79 Å². The maximum atomic E-state index is 12.8. The summed E-state index contributed by atoms with van der Waals surface area (Å²) in [5, 5.41) is 4.36. The van der Waals surface area contributed by atoms with Crippen LogP contribution in [-0.2, 0) is 0 Å². The van der Waals surface area contributed by atoms with E-state index in [0.29, 0.717) is 17.7 Å². The fourth-order valence-corrected chi connectivity index (χ4v) is 2.62. The molecule has 0 radical (unpaired) electrons. The van der Waals surface area contributed by atoms with Crippen LogP contribution in [0.5, 0.6) is 0 Å². The van der Waals surface area contributed by atoms with Gasteiger partial charge in [0.15, 0.2) is 0 Å². The highest BCUT2D eigenvalue weighted by Gasteiger charge is 2.34. The second-order valence-corrected chi connectivity index (χ2v) is 6.60. The molecule has 0 aliphatic heterocycles. The number of nitrogens with zero attached hydrogens (tertiary/aromatic N) is 5. The number of carbonyl (C=O) groups excluding carboxylic acids is 1. The molecule has 1 fully saturated rings. The summed E-state index contributed by atoms with van der Waals surface area (Å²) >= 11 is 0. The smallest absolute Gasteiger partial charge is 0.293 e. The van der Waals surface area contributed by atoms with E-state index in [1.54, 1.807) is 4.52 Å². The molecule has 2 heterocycles. The molecule has 1 saturated carbocycles. The summed E-state index contributed by atoms with van der Waals surface area (Å²) in [6.07, 6.45) is 3.19. The van der Waals surface area contributed by atoms with Crippen molar-refractivity contribution in [3.63, 3.8) is 0 Å². The van der Waals surface area contributed by atoms with E-state index < -0.39 is 0 Å². The van der Waals surface area contributed by atoms with E-state index in [9.17, 15) is 4.79 Å². The zero-order chi connectivity index (χ0) is 15.9. The van der Waals surface area contributed by atoms with E-state index in [-0.39, 0.29) is 11.7 Å². The topological polar surface area (TPSA) is 63.4 Å². The third kappa shape index (κ3) is 2.96. The molecular weight excluding hydrogens is 278 g/mol. The highest BCUT2D eigenvalue weighted by atomic mass is 16.2. The highest BCUT2D eigenvalue weighted by molar-refractivity contribution is 5.91. The molecule has 0 saturated heterocycles. The fourth-order valence-electron chi connectivity index (χ4n) is 2.62. The van der Waals surface area contributed by atoms with Crippen molar-refractivity contribution in [3.8, 4) is 0 Å². The number of carbonyl (C=O) groups is 1. The molecule has 22 heavy (non-hydrogen) atoms. The normalized spacial score (nSPS) is 14.8. The Bertz CT molecular complexity index is 702. The molecule has 6 nitrogen and oxygen atoms in total. The molecule has 118 valence electrons. The molecule has 0 bridgehead atoms. The molecule has 1 amide bonds. The zero-order valence-electron chi connectivity index (χ0n) is 13.7. The van der Waals surface area contributed by atoms with E-state index >= 15 is 0 Å². The number of fused-ring (bicyclic) bond motifs is 1. The quantitative estimate of drug-likeness (QED) is 0.850. The Morgan fingerprint density at radius 1 is 1.36 bits per heavy atom. The van der Waals surface area contributed by atoms with E-state index in [0.717, 1.165) is 37.2 Å². The maximum Gasteiger partial charge on any atom is 0.293 e. The minimum absolute atomic E-state index is 0.0642. The van der Waals surface area contributed by atoms with Crippen LogP contribution in [0.25, 0.3) is 5.78 Å². The summed E-state index contributed by atoms with van der Waals surface area (Å²) in [6, 6.07) is 2.31. The Hall–Kier alpha value is -1.98. The second-order valence-electron chi connectivity index (χ2n) is 6.60. The van der Waals surface area contributed by atoms with Crippen LogP contribution in [0.15, 0.2) is 6.07 Å². The monoisotopic (exact) mass is 301 g/mol. The molecular formula is C16H23N5O. The first kappa shape index (κ1) is 14.9. The van der Waals surface area contributed by atoms with Gasteiger partial charge in [-0.1, -0.05) is 13.8 Å². The van der Waals surface area contributed by atoms with Crippen LogP contribution in [0, 0.1) is 19.8 Å². The molecule has 0 unspecified atom stereocenters. The lowest BCUT2D eigenvalue weighted by Gasteiger charge is -2.21. The Morgan fingerprint density at radius 2 is 2.09 bits per heavy atom. The van der Waals surface area contributed by atoms with Crippen LogP contribution in [-0.4, -0.2) is 43.0 Å². The van der Waals surface area contributed by atoms with Gasteiger partial charge in [0.2, 0.25) is 5.82 Å². The fraction of sp³-hybridized carbons (Fsp3) is 0.625. The van der Waals surface area contributed by atoms with Crippen LogP contribution >= 0.6 is 0 Å². The van der Waals surface area contributed by atoms with Crippen molar-refractivity contribution >= 4 is 11.7 Å². The Morgan fingerprint density at radius 3 is 2.73 bits per heavy atom. The highest BCUT2D eigenvalue weighted by Crippen LogP contribution is 2.28. The molecule has 0 atom stereocenters. The van der Waals surface area contributed by atoms with Crippen molar-refractivity contribution in [2.24, 2.45) is 5.92 Å². The van der Waals surface area contributed by atoms with Crippen molar-refractivity contribution in [2.75, 3.05) is 6.54 Å². The van der Waals surface area contributed by atoms with Crippen LogP contribution in [0.3, 0.4) is 0 Å². The first-order valence-electron chi connectivity index (χ1n) is 7.97. The summed E-state index contributed by atoms with van der Waals surface area (Å²) < 4.78 is 1.65. The molecule has 0 spiro atoms. The van der Waals surface area contributed by atoms with Gasteiger partial charge in [-0.05, 0) is 45.1 Å². The zero-order valence-corrected chi connectivity index (χ0v) is 13.7. The summed E-state index contributed by atoms with van der Waals surface area (Å²) in [6.45, 7) is 9.00. The molecule has 0 aromatic carbocycles. The SMILES string of the molecule is Cc1cc(C)n2nc(C(=O)N(CCC(C)C)C3CC3)nc2n1. The van der Waals surface area contributed by atoms with Gasteiger partial charge in [-0.25, -0.2) is 9.50 Å². The summed E-state index contributed by atoms with van der Waals surface area (Å²) in [7, 11) is 0. The van der Waals surface area contributed by atoms with Crippen LogP contribution in [0.4, 0.5) is 0 Å². The summed E-state index contributed by atoms with van der Waals surface area (Å²) in [5.41, 5.74) is 1.82. The minimum Gasteiger partial charge on any atom is -0.333 e. The number of rotatable bonds is 5. The van der Waals surface area contributed by atoms with Crippen LogP contribution in [0.2, 0.25) is 0 Å². The molecule has 6 heteroatoms. The van der Waals surface area contributed by atoms with Crippen molar-refractivity contribution in [3.05, 3.63) is 23.3 Å². The lowest BCUT2D eigenvalue weighted by molar-refractivity contribution is 0.0723. The van der Waals surface area contributed by atoms with E-state index in [2.05, 4.69) is 28.9 Å². The molecule has 0 N–H and O–H groups in total. The summed E-state index contributed by atoms with van der Waals surface area (Å²) in [4.78, 5) is 23.4. The van der Waals surface area contributed by atoms with Gasteiger partial charge in [0.25, 0.3) is 11.7 Å². The van der Waals surface area contributed by atoms with Gasteiger partial charge in [0.05, 0.1) is 0 Å². The van der Waals surface area contributed by atoms with Crippen LogP contribution < -0.4 is 0 Å². The lowest BCUT2D eigenvalue weighted by atomic mass is 10.1. The number of hydrogen-bond donors (Lipinski definition) is 0. The number of amides is 1. The maximum absolute atomic E-state index is 12.8. The van der Waals surface area contributed by atoms with Gasteiger partial charge in [-0.3, -0.25) is 4.79 Å². The number of aromatic nitrogens is 4. The first-order valence-corrected chi connectivity index (χ1v) is 7.97. The average Bonchev–Trinajstić information content (AvgIpc) is 3.17. The molecule has 1 aliphatic rings. The first-order chi connectivity index (χ1) is 10.5. The predicted molar refractivity (Wildman–Crippen MR) is 83.8 cm³/mol. The second kappa shape index (κ2) is 5.66. The van der Waals surface area contributed by atoms with Crippen molar-refractivity contribution in [1.82, 2.24) is 24.5 Å². The van der Waals surface area contributed by atoms with E-state index in [4.69, 9.17) is 0 Å². The van der Waals surface area contributed by atoms with Crippen molar-refractivity contribution in [2.45, 2.75) is 53.0 Å². The predicted octanol–water partition coefficient (Wildman–Crippen LogP) is 2.39. The molecule has 3 rings (SSSR count). The van der Waals surface area contributed by atoms with Crippen molar-refractivity contribution in [1.29, 1.82) is 0 Å². The Balaban J connectivity index is 1.88. The summed E-state index contributed by atoms with van der Waals surface area (Å²) in [5.74, 6) is 1.28. The van der Waals surface area contributed by atoms with Gasteiger partial charge in [-0.2, -0.15) is 4.98 Å². The third-order valence-electron chi connectivity index (χ3n) is 4.01. The van der Waals surface area contributed by atoms with E-state index in [1.165, 1.54) is 0 Å². The minimum atomic E-state index is -0.0642.